The van der Waals surface area contributed by atoms with Crippen molar-refractivity contribution in [2.24, 2.45) is 10.1 Å². The molecule has 4 nitrogen and oxygen atoms in total. The molecule has 0 bridgehead atoms. The number of aliphatic imine (C=N–C) groups is 1. The zero-order chi connectivity index (χ0) is 9.52. The molecule has 0 saturated heterocycles. The van der Waals surface area contributed by atoms with Crippen LogP contribution in [-0.4, -0.2) is 19.4 Å². The molecule has 0 aliphatic heterocycles. The van der Waals surface area contributed by atoms with E-state index in [1.807, 2.05) is 6.07 Å². The van der Waals surface area contributed by atoms with Crippen molar-refractivity contribution in [3.05, 3.63) is 29.8 Å². The quantitative estimate of drug-likeness (QED) is 0.399. The molecule has 1 aromatic rings. The molecule has 66 valence electrons. The largest absolute Gasteiger partial charge is 0.399 e. The van der Waals surface area contributed by atoms with E-state index in [9.17, 15) is 4.79 Å². The molecule has 0 aliphatic carbocycles. The minimum absolute atomic E-state index is 0.526. The van der Waals surface area contributed by atoms with Gasteiger partial charge in [-0.2, -0.15) is 4.99 Å². The van der Waals surface area contributed by atoms with Crippen LogP contribution < -0.4 is 0 Å². The van der Waals surface area contributed by atoms with E-state index >= 15 is 0 Å². The average Bonchev–Trinajstić information content (AvgIpc) is 2.17. The number of oxime groups is 1. The molecule has 0 N–H and O–H groups in total. The predicted octanol–water partition coefficient (Wildman–Crippen LogP) is 1.63. The highest BCUT2D eigenvalue weighted by Crippen LogP contribution is 2.15. The molecule has 4 heteroatoms. The zero-order valence-corrected chi connectivity index (χ0v) is 7.10. The molecule has 0 aliphatic rings. The number of isocyanates is 1. The number of benzene rings is 1. The monoisotopic (exact) mass is 176 g/mol. The fraction of sp³-hybridized carbons (Fsp3) is 0.111. The van der Waals surface area contributed by atoms with E-state index in [0.29, 0.717) is 11.3 Å². The van der Waals surface area contributed by atoms with Gasteiger partial charge in [0.05, 0.1) is 11.9 Å². The second-order valence-electron chi connectivity index (χ2n) is 2.18. The molecule has 0 atom stereocenters. The first-order valence-electron chi connectivity index (χ1n) is 3.62. The molecular weight excluding hydrogens is 168 g/mol. The molecular formula is C9H8N2O2. The zero-order valence-electron chi connectivity index (χ0n) is 7.10. The number of para-hydroxylation sites is 1. The SMILES string of the molecule is CON=Cc1ccccc1N=C=O. The molecule has 0 saturated carbocycles. The van der Waals surface area contributed by atoms with Crippen LogP contribution in [-0.2, 0) is 9.63 Å². The van der Waals surface area contributed by atoms with Gasteiger partial charge in [0, 0.05) is 5.56 Å². The molecule has 1 rings (SSSR count). The van der Waals surface area contributed by atoms with Gasteiger partial charge in [-0.05, 0) is 6.07 Å². The van der Waals surface area contributed by atoms with Gasteiger partial charge in [0.15, 0.2) is 0 Å². The van der Waals surface area contributed by atoms with Crippen LogP contribution in [0.1, 0.15) is 5.56 Å². The van der Waals surface area contributed by atoms with Gasteiger partial charge in [0.2, 0.25) is 6.08 Å². The third-order valence-electron chi connectivity index (χ3n) is 1.40. The van der Waals surface area contributed by atoms with Gasteiger partial charge in [-0.25, -0.2) is 4.79 Å². The van der Waals surface area contributed by atoms with E-state index in [0.717, 1.165) is 0 Å². The van der Waals surface area contributed by atoms with Crippen LogP contribution in [0.15, 0.2) is 34.4 Å². The van der Waals surface area contributed by atoms with Crippen LogP contribution in [0.25, 0.3) is 0 Å². The summed E-state index contributed by atoms with van der Waals surface area (Å²) in [4.78, 5) is 18.0. The van der Waals surface area contributed by atoms with Crippen molar-refractivity contribution in [2.45, 2.75) is 0 Å². The van der Waals surface area contributed by atoms with Crippen LogP contribution in [0.4, 0.5) is 5.69 Å². The lowest BCUT2D eigenvalue weighted by molar-refractivity contribution is 0.215. The normalized spacial score (nSPS) is 9.62. The van der Waals surface area contributed by atoms with E-state index in [-0.39, 0.29) is 0 Å². The summed E-state index contributed by atoms with van der Waals surface area (Å²) in [5, 5.41) is 3.57. The Kier molecular flexibility index (Phi) is 3.42. The summed E-state index contributed by atoms with van der Waals surface area (Å²) in [7, 11) is 1.45. The van der Waals surface area contributed by atoms with Crippen LogP contribution in [0, 0.1) is 0 Å². The van der Waals surface area contributed by atoms with Crippen LogP contribution in [0.5, 0.6) is 0 Å². The highest BCUT2D eigenvalue weighted by Gasteiger charge is 1.95. The van der Waals surface area contributed by atoms with Gasteiger partial charge in [-0.3, -0.25) is 0 Å². The number of hydrogen-bond donors (Lipinski definition) is 0. The standard InChI is InChI=1S/C9H8N2O2/c1-13-11-6-8-4-2-3-5-9(8)10-7-12/h2-6H,1H3. The minimum atomic E-state index is 0.526. The second-order valence-corrected chi connectivity index (χ2v) is 2.18. The average molecular weight is 176 g/mol. The molecule has 0 fully saturated rings. The summed E-state index contributed by atoms with van der Waals surface area (Å²) in [6.07, 6.45) is 2.96. The van der Waals surface area contributed by atoms with Crippen molar-refractivity contribution in [2.75, 3.05) is 7.11 Å². The Morgan fingerprint density at radius 2 is 2.23 bits per heavy atom. The van der Waals surface area contributed by atoms with Gasteiger partial charge in [-0.15, -0.1) is 0 Å². The van der Waals surface area contributed by atoms with Gasteiger partial charge < -0.3 is 4.84 Å². The van der Waals surface area contributed by atoms with Gasteiger partial charge in [0.1, 0.15) is 7.11 Å². The predicted molar refractivity (Wildman–Crippen MR) is 48.8 cm³/mol. The topological polar surface area (TPSA) is 51.0 Å². The lowest BCUT2D eigenvalue weighted by atomic mass is 10.2. The molecule has 13 heavy (non-hydrogen) atoms. The third-order valence-corrected chi connectivity index (χ3v) is 1.40. The fourth-order valence-corrected chi connectivity index (χ4v) is 0.857. The Labute approximate surface area is 75.5 Å². The van der Waals surface area contributed by atoms with Crippen molar-refractivity contribution in [1.82, 2.24) is 0 Å². The van der Waals surface area contributed by atoms with Crippen LogP contribution >= 0.6 is 0 Å². The van der Waals surface area contributed by atoms with E-state index in [1.54, 1.807) is 18.2 Å². The molecule has 0 amide bonds. The Morgan fingerprint density at radius 3 is 2.92 bits per heavy atom. The summed E-state index contributed by atoms with van der Waals surface area (Å²) in [6.45, 7) is 0. The maximum atomic E-state index is 10.0. The Bertz CT molecular complexity index is 354. The first-order chi connectivity index (χ1) is 6.38. The van der Waals surface area contributed by atoms with Gasteiger partial charge in [-0.1, -0.05) is 23.4 Å². The smallest absolute Gasteiger partial charge is 0.240 e. The Morgan fingerprint density at radius 1 is 1.46 bits per heavy atom. The van der Waals surface area contributed by atoms with E-state index in [4.69, 9.17) is 0 Å². The number of nitrogens with zero attached hydrogens (tertiary/aromatic N) is 2. The Balaban J connectivity index is 3.04. The van der Waals surface area contributed by atoms with Crippen molar-refractivity contribution < 1.29 is 9.63 Å². The van der Waals surface area contributed by atoms with Gasteiger partial charge >= 0.3 is 0 Å². The lowest BCUT2D eigenvalue weighted by Gasteiger charge is -1.95. The molecule has 0 aromatic heterocycles. The maximum Gasteiger partial charge on any atom is 0.240 e. The minimum Gasteiger partial charge on any atom is -0.399 e. The van der Waals surface area contributed by atoms with Crippen molar-refractivity contribution in [3.63, 3.8) is 0 Å². The highest BCUT2D eigenvalue weighted by atomic mass is 16.6. The summed E-state index contributed by atoms with van der Waals surface area (Å²) in [5.74, 6) is 0. The molecule has 0 radical (unpaired) electrons. The summed E-state index contributed by atoms with van der Waals surface area (Å²) in [5.41, 5.74) is 1.24. The molecule has 0 spiro atoms. The summed E-state index contributed by atoms with van der Waals surface area (Å²) in [6, 6.07) is 7.07. The number of carbonyl (C=O) groups excluding carboxylic acids is 1. The van der Waals surface area contributed by atoms with Crippen molar-refractivity contribution >= 4 is 18.0 Å². The second kappa shape index (κ2) is 4.85. The fourth-order valence-electron chi connectivity index (χ4n) is 0.857. The van der Waals surface area contributed by atoms with Crippen LogP contribution in [0.3, 0.4) is 0 Å². The number of hydrogen-bond acceptors (Lipinski definition) is 4. The first-order valence-corrected chi connectivity index (χ1v) is 3.62. The Hall–Kier alpha value is -1.93. The van der Waals surface area contributed by atoms with E-state index in [2.05, 4.69) is 15.0 Å². The summed E-state index contributed by atoms with van der Waals surface area (Å²) >= 11 is 0. The molecule has 0 heterocycles. The van der Waals surface area contributed by atoms with Gasteiger partial charge in [0.25, 0.3) is 0 Å². The van der Waals surface area contributed by atoms with E-state index in [1.165, 1.54) is 19.4 Å². The highest BCUT2D eigenvalue weighted by molar-refractivity contribution is 5.86. The lowest BCUT2D eigenvalue weighted by Crippen LogP contribution is -1.82. The van der Waals surface area contributed by atoms with Crippen molar-refractivity contribution in [3.8, 4) is 0 Å². The third kappa shape index (κ3) is 2.54. The van der Waals surface area contributed by atoms with Crippen LogP contribution in [0.2, 0.25) is 0 Å². The number of rotatable bonds is 3. The van der Waals surface area contributed by atoms with Crippen molar-refractivity contribution in [1.29, 1.82) is 0 Å². The maximum absolute atomic E-state index is 10.0. The molecule has 1 aromatic carbocycles. The first kappa shape index (κ1) is 9.16. The summed E-state index contributed by atoms with van der Waals surface area (Å²) < 4.78 is 0. The van der Waals surface area contributed by atoms with E-state index < -0.39 is 0 Å². The molecule has 0 unspecified atom stereocenters.